The van der Waals surface area contributed by atoms with Gasteiger partial charge in [-0.05, 0) is 60.9 Å². The van der Waals surface area contributed by atoms with Gasteiger partial charge in [-0.25, -0.2) is 0 Å². The van der Waals surface area contributed by atoms with Crippen molar-refractivity contribution in [3.63, 3.8) is 0 Å². The van der Waals surface area contributed by atoms with Crippen molar-refractivity contribution in [2.45, 2.75) is 57.5 Å². The summed E-state index contributed by atoms with van der Waals surface area (Å²) >= 11 is 0. The first-order valence-corrected chi connectivity index (χ1v) is 10.5. The first-order valence-electron chi connectivity index (χ1n) is 10.5. The molecule has 144 valence electrons. The monoisotopic (exact) mass is 371 g/mol. The molecule has 0 amide bonds. The van der Waals surface area contributed by atoms with Gasteiger partial charge >= 0.3 is 0 Å². The van der Waals surface area contributed by atoms with Gasteiger partial charge in [0.1, 0.15) is 0 Å². The van der Waals surface area contributed by atoms with Crippen LogP contribution >= 0.6 is 0 Å². The summed E-state index contributed by atoms with van der Waals surface area (Å²) in [6, 6.07) is 24.4. The van der Waals surface area contributed by atoms with Crippen LogP contribution in [0.3, 0.4) is 0 Å². The summed E-state index contributed by atoms with van der Waals surface area (Å²) in [7, 11) is 0. The second-order valence-corrected chi connectivity index (χ2v) is 8.20. The Morgan fingerprint density at radius 3 is 2.50 bits per heavy atom. The minimum absolute atomic E-state index is 0.138. The topological polar surface area (TPSA) is 29.1 Å². The van der Waals surface area contributed by atoms with Crippen molar-refractivity contribution >= 4 is 16.6 Å². The molecule has 2 heteroatoms. The van der Waals surface area contributed by atoms with Crippen LogP contribution in [-0.4, -0.2) is 11.8 Å². The standard InChI is InChI=1S/C26H29NO/c1-18(25-12-6-8-22-7-3-4-11-26(22)25)27-24-10-5-9-23(17-24)21-15-13-20(14-16-21)19(2)28/h3-4,6-8,11-16,18,23-24,27H,5,9-10,17H2,1-2H3/t18?,23-,24?/m0/s1. The summed E-state index contributed by atoms with van der Waals surface area (Å²) in [6.45, 7) is 3.91. The maximum atomic E-state index is 11.5. The molecule has 0 aromatic heterocycles. The second-order valence-electron chi connectivity index (χ2n) is 8.20. The largest absolute Gasteiger partial charge is 0.307 e. The minimum Gasteiger partial charge on any atom is -0.307 e. The van der Waals surface area contributed by atoms with Crippen molar-refractivity contribution in [3.8, 4) is 0 Å². The van der Waals surface area contributed by atoms with Crippen LogP contribution in [-0.2, 0) is 0 Å². The Labute approximate surface area is 168 Å². The van der Waals surface area contributed by atoms with E-state index < -0.39 is 0 Å². The molecule has 0 spiro atoms. The fraction of sp³-hybridized carbons (Fsp3) is 0.346. The molecule has 0 aliphatic heterocycles. The lowest BCUT2D eigenvalue weighted by Crippen LogP contribution is -2.35. The minimum atomic E-state index is 0.138. The third-order valence-corrected chi connectivity index (χ3v) is 6.24. The molecule has 3 atom stereocenters. The number of fused-ring (bicyclic) bond motifs is 1. The van der Waals surface area contributed by atoms with E-state index in [1.54, 1.807) is 6.92 Å². The van der Waals surface area contributed by atoms with Gasteiger partial charge in [0.15, 0.2) is 5.78 Å². The summed E-state index contributed by atoms with van der Waals surface area (Å²) in [5.41, 5.74) is 3.55. The quantitative estimate of drug-likeness (QED) is 0.524. The summed E-state index contributed by atoms with van der Waals surface area (Å²) in [4.78, 5) is 11.5. The first kappa shape index (κ1) is 18.9. The Morgan fingerprint density at radius 1 is 0.964 bits per heavy atom. The van der Waals surface area contributed by atoms with E-state index in [2.05, 4.69) is 66.8 Å². The number of benzene rings is 3. The summed E-state index contributed by atoms with van der Waals surface area (Å²) in [6.07, 6.45) is 4.88. The van der Waals surface area contributed by atoms with Crippen LogP contribution in [0.2, 0.25) is 0 Å². The molecule has 1 N–H and O–H groups in total. The molecule has 1 saturated carbocycles. The molecule has 2 nitrogen and oxygen atoms in total. The molecule has 0 radical (unpaired) electrons. The van der Waals surface area contributed by atoms with Crippen LogP contribution in [0, 0.1) is 0 Å². The van der Waals surface area contributed by atoms with Gasteiger partial charge in [0.05, 0.1) is 0 Å². The highest BCUT2D eigenvalue weighted by atomic mass is 16.1. The third kappa shape index (κ3) is 4.02. The van der Waals surface area contributed by atoms with E-state index in [1.165, 1.54) is 41.2 Å². The van der Waals surface area contributed by atoms with Gasteiger partial charge in [0, 0.05) is 17.6 Å². The summed E-state index contributed by atoms with van der Waals surface area (Å²) in [5.74, 6) is 0.714. The van der Waals surface area contributed by atoms with Crippen LogP contribution in [0.5, 0.6) is 0 Å². The molecule has 3 aromatic rings. The maximum Gasteiger partial charge on any atom is 0.159 e. The molecule has 1 fully saturated rings. The average molecular weight is 372 g/mol. The second kappa shape index (κ2) is 8.28. The Bertz CT molecular complexity index is 954. The SMILES string of the molecule is CC(=O)c1ccc([C@H]2CCCC(NC(C)c3cccc4ccccc34)C2)cc1. The fourth-order valence-electron chi connectivity index (χ4n) is 4.71. The summed E-state index contributed by atoms with van der Waals surface area (Å²) < 4.78 is 0. The van der Waals surface area contributed by atoms with Crippen molar-refractivity contribution in [2.24, 2.45) is 0 Å². The van der Waals surface area contributed by atoms with Gasteiger partial charge < -0.3 is 5.32 Å². The number of carbonyl (C=O) groups is 1. The van der Waals surface area contributed by atoms with Crippen molar-refractivity contribution < 1.29 is 4.79 Å². The Kier molecular flexibility index (Phi) is 5.59. The number of carbonyl (C=O) groups excluding carboxylic acids is 1. The number of hydrogen-bond donors (Lipinski definition) is 1. The molecule has 0 bridgehead atoms. The number of nitrogens with one attached hydrogen (secondary N) is 1. The maximum absolute atomic E-state index is 11.5. The first-order chi connectivity index (χ1) is 13.6. The average Bonchev–Trinajstić information content (AvgIpc) is 2.73. The number of Topliss-reactive ketones (excluding diaryl/α,β-unsaturated/α-hetero) is 1. The zero-order chi connectivity index (χ0) is 19.5. The Morgan fingerprint density at radius 2 is 1.71 bits per heavy atom. The molecular formula is C26H29NO. The Hall–Kier alpha value is -2.45. The van der Waals surface area contributed by atoms with Crippen molar-refractivity contribution in [2.75, 3.05) is 0 Å². The molecule has 0 saturated heterocycles. The van der Waals surface area contributed by atoms with Gasteiger partial charge in [-0.1, -0.05) is 73.2 Å². The van der Waals surface area contributed by atoms with E-state index in [1.807, 2.05) is 12.1 Å². The van der Waals surface area contributed by atoms with Crippen molar-refractivity contribution in [3.05, 3.63) is 83.4 Å². The zero-order valence-corrected chi connectivity index (χ0v) is 16.8. The predicted molar refractivity (Wildman–Crippen MR) is 117 cm³/mol. The molecule has 1 aliphatic carbocycles. The number of rotatable bonds is 5. The highest BCUT2D eigenvalue weighted by Gasteiger charge is 2.25. The fourth-order valence-corrected chi connectivity index (χ4v) is 4.71. The molecule has 1 aliphatic rings. The molecular weight excluding hydrogens is 342 g/mol. The highest BCUT2D eigenvalue weighted by molar-refractivity contribution is 5.94. The number of hydrogen-bond acceptors (Lipinski definition) is 2. The normalized spacial score (nSPS) is 20.8. The van der Waals surface area contributed by atoms with Crippen LogP contribution in [0.25, 0.3) is 10.8 Å². The molecule has 4 rings (SSSR count). The van der Waals surface area contributed by atoms with Crippen LogP contribution in [0.1, 0.15) is 73.0 Å². The lowest BCUT2D eigenvalue weighted by atomic mass is 9.80. The number of ketones is 1. The summed E-state index contributed by atoms with van der Waals surface area (Å²) in [5, 5.41) is 6.55. The van der Waals surface area contributed by atoms with E-state index in [4.69, 9.17) is 0 Å². The Balaban J connectivity index is 1.46. The molecule has 2 unspecified atom stereocenters. The van der Waals surface area contributed by atoms with Gasteiger partial charge in [-0.3, -0.25) is 4.79 Å². The lowest BCUT2D eigenvalue weighted by Gasteiger charge is -2.32. The molecule has 3 aromatic carbocycles. The van der Waals surface area contributed by atoms with Crippen LogP contribution in [0.15, 0.2) is 66.7 Å². The van der Waals surface area contributed by atoms with Gasteiger partial charge in [-0.15, -0.1) is 0 Å². The van der Waals surface area contributed by atoms with Gasteiger partial charge in [-0.2, -0.15) is 0 Å². The van der Waals surface area contributed by atoms with E-state index in [9.17, 15) is 4.79 Å². The van der Waals surface area contributed by atoms with Crippen molar-refractivity contribution in [1.29, 1.82) is 0 Å². The zero-order valence-electron chi connectivity index (χ0n) is 16.8. The smallest absolute Gasteiger partial charge is 0.159 e. The van der Waals surface area contributed by atoms with Crippen LogP contribution in [0.4, 0.5) is 0 Å². The molecule has 28 heavy (non-hydrogen) atoms. The third-order valence-electron chi connectivity index (χ3n) is 6.24. The highest BCUT2D eigenvalue weighted by Crippen LogP contribution is 2.34. The van der Waals surface area contributed by atoms with E-state index in [0.717, 1.165) is 12.0 Å². The van der Waals surface area contributed by atoms with Crippen LogP contribution < -0.4 is 5.32 Å². The van der Waals surface area contributed by atoms with E-state index in [0.29, 0.717) is 18.0 Å². The van der Waals surface area contributed by atoms with Gasteiger partial charge in [0.2, 0.25) is 0 Å². The van der Waals surface area contributed by atoms with E-state index in [-0.39, 0.29) is 5.78 Å². The lowest BCUT2D eigenvalue weighted by molar-refractivity contribution is 0.101. The van der Waals surface area contributed by atoms with E-state index >= 15 is 0 Å². The van der Waals surface area contributed by atoms with Crippen molar-refractivity contribution in [1.82, 2.24) is 5.32 Å². The molecule has 0 heterocycles. The van der Waals surface area contributed by atoms with Gasteiger partial charge in [0.25, 0.3) is 0 Å². The predicted octanol–water partition coefficient (Wildman–Crippen LogP) is 6.42.